The summed E-state index contributed by atoms with van der Waals surface area (Å²) in [4.78, 5) is 14.5. The average Bonchev–Trinajstić information content (AvgIpc) is 3.34. The zero-order chi connectivity index (χ0) is 16.4. The van der Waals surface area contributed by atoms with Gasteiger partial charge in [-0.1, -0.05) is 0 Å². The van der Waals surface area contributed by atoms with Crippen molar-refractivity contribution < 1.29 is 18.4 Å². The van der Waals surface area contributed by atoms with Gasteiger partial charge < -0.3 is 18.9 Å². The lowest BCUT2D eigenvalue weighted by Gasteiger charge is -2.39. The molecule has 0 aromatic carbocycles. The van der Waals surface area contributed by atoms with Crippen LogP contribution in [0.2, 0.25) is 0 Å². The Morgan fingerprint density at radius 2 is 2.25 bits per heavy atom. The Balaban J connectivity index is 1.35. The van der Waals surface area contributed by atoms with Gasteiger partial charge in [-0.25, -0.2) is 0 Å². The Morgan fingerprint density at radius 3 is 3.04 bits per heavy atom. The smallest absolute Gasteiger partial charge is 0.286 e. The summed E-state index contributed by atoms with van der Waals surface area (Å²) < 4.78 is 16.4. The van der Waals surface area contributed by atoms with Crippen molar-refractivity contribution in [1.82, 2.24) is 10.2 Å². The van der Waals surface area contributed by atoms with Gasteiger partial charge in [-0.05, 0) is 31.0 Å². The molecule has 0 spiro atoms. The van der Waals surface area contributed by atoms with Gasteiger partial charge in [0.25, 0.3) is 5.91 Å². The SMILES string of the molecule is O=C(NC[C@@H]1CC[C@H]2[C@H]1OCCN2Cc1ccoc1)c1ccco1. The van der Waals surface area contributed by atoms with Crippen molar-refractivity contribution in [2.75, 3.05) is 19.7 Å². The van der Waals surface area contributed by atoms with Gasteiger partial charge in [-0.15, -0.1) is 0 Å². The Bertz CT molecular complexity index is 653. The zero-order valence-electron chi connectivity index (χ0n) is 13.5. The van der Waals surface area contributed by atoms with Crippen LogP contribution in [-0.2, 0) is 11.3 Å². The molecule has 2 aromatic rings. The molecule has 1 N–H and O–H groups in total. The van der Waals surface area contributed by atoms with Crippen LogP contribution in [0.25, 0.3) is 0 Å². The Labute approximate surface area is 140 Å². The molecular formula is C18H22N2O4. The lowest BCUT2D eigenvalue weighted by molar-refractivity contribution is -0.0758. The molecule has 1 saturated carbocycles. The largest absolute Gasteiger partial charge is 0.472 e. The van der Waals surface area contributed by atoms with Gasteiger partial charge in [0.15, 0.2) is 5.76 Å². The number of amides is 1. The summed E-state index contributed by atoms with van der Waals surface area (Å²) in [5.74, 6) is 0.547. The minimum atomic E-state index is -0.158. The van der Waals surface area contributed by atoms with E-state index in [4.69, 9.17) is 13.6 Å². The Hall–Kier alpha value is -2.05. The van der Waals surface area contributed by atoms with E-state index >= 15 is 0 Å². The molecule has 1 aliphatic heterocycles. The van der Waals surface area contributed by atoms with Crippen LogP contribution in [0.1, 0.15) is 29.0 Å². The van der Waals surface area contributed by atoms with Crippen molar-refractivity contribution in [3.63, 3.8) is 0 Å². The number of fused-ring (bicyclic) bond motifs is 1. The third-order valence-electron chi connectivity index (χ3n) is 5.07. The maximum Gasteiger partial charge on any atom is 0.286 e. The number of nitrogens with zero attached hydrogens (tertiary/aromatic N) is 1. The highest BCUT2D eigenvalue weighted by atomic mass is 16.5. The monoisotopic (exact) mass is 330 g/mol. The van der Waals surface area contributed by atoms with E-state index in [1.54, 1.807) is 24.7 Å². The fourth-order valence-corrected chi connectivity index (χ4v) is 3.89. The highest BCUT2D eigenvalue weighted by Crippen LogP contribution is 2.35. The summed E-state index contributed by atoms with van der Waals surface area (Å²) in [5.41, 5.74) is 1.20. The van der Waals surface area contributed by atoms with E-state index in [9.17, 15) is 4.79 Å². The summed E-state index contributed by atoms with van der Waals surface area (Å²) in [6.45, 7) is 3.20. The van der Waals surface area contributed by atoms with E-state index in [1.807, 2.05) is 6.07 Å². The molecule has 3 atom stereocenters. The van der Waals surface area contributed by atoms with E-state index in [2.05, 4.69) is 10.2 Å². The van der Waals surface area contributed by atoms with E-state index in [0.717, 1.165) is 32.5 Å². The second-order valence-corrected chi connectivity index (χ2v) is 6.53. The fraction of sp³-hybridized carbons (Fsp3) is 0.500. The van der Waals surface area contributed by atoms with Crippen LogP contribution < -0.4 is 5.32 Å². The Kier molecular flexibility index (Phi) is 4.40. The van der Waals surface area contributed by atoms with Gasteiger partial charge in [0.05, 0.1) is 31.5 Å². The molecule has 6 nitrogen and oxygen atoms in total. The van der Waals surface area contributed by atoms with Crippen molar-refractivity contribution in [1.29, 1.82) is 0 Å². The second kappa shape index (κ2) is 6.83. The van der Waals surface area contributed by atoms with E-state index in [1.165, 1.54) is 11.8 Å². The molecule has 6 heteroatoms. The van der Waals surface area contributed by atoms with Crippen molar-refractivity contribution >= 4 is 5.91 Å². The predicted octanol–water partition coefficient (Wildman–Crippen LogP) is 2.28. The van der Waals surface area contributed by atoms with Crippen LogP contribution in [0.4, 0.5) is 0 Å². The van der Waals surface area contributed by atoms with E-state index < -0.39 is 0 Å². The summed E-state index contributed by atoms with van der Waals surface area (Å²) in [7, 11) is 0. The number of morpholine rings is 1. The van der Waals surface area contributed by atoms with Crippen LogP contribution in [-0.4, -0.2) is 42.6 Å². The number of nitrogens with one attached hydrogen (secondary N) is 1. The highest BCUT2D eigenvalue weighted by Gasteiger charge is 2.42. The number of carbonyl (C=O) groups is 1. The maximum atomic E-state index is 12.0. The molecule has 2 fully saturated rings. The van der Waals surface area contributed by atoms with Gasteiger partial charge in [0.1, 0.15) is 0 Å². The van der Waals surface area contributed by atoms with Crippen LogP contribution in [0, 0.1) is 5.92 Å². The summed E-state index contributed by atoms with van der Waals surface area (Å²) >= 11 is 0. The Morgan fingerprint density at radius 1 is 1.29 bits per heavy atom. The van der Waals surface area contributed by atoms with Gasteiger partial charge in [-0.3, -0.25) is 9.69 Å². The van der Waals surface area contributed by atoms with Crippen molar-refractivity contribution in [3.05, 3.63) is 48.3 Å². The molecule has 24 heavy (non-hydrogen) atoms. The number of ether oxygens (including phenoxy) is 1. The molecule has 1 amide bonds. The third-order valence-corrected chi connectivity index (χ3v) is 5.07. The molecular weight excluding hydrogens is 308 g/mol. The first-order valence-corrected chi connectivity index (χ1v) is 8.49. The first-order valence-electron chi connectivity index (χ1n) is 8.49. The summed E-state index contributed by atoms with van der Waals surface area (Å²) in [6.07, 6.45) is 7.38. The minimum absolute atomic E-state index is 0.158. The molecule has 2 aromatic heterocycles. The van der Waals surface area contributed by atoms with Crippen molar-refractivity contribution in [2.45, 2.75) is 31.5 Å². The van der Waals surface area contributed by atoms with E-state index in [0.29, 0.717) is 24.3 Å². The topological polar surface area (TPSA) is 67.8 Å². The molecule has 0 radical (unpaired) electrons. The summed E-state index contributed by atoms with van der Waals surface area (Å²) in [5, 5.41) is 2.97. The maximum absolute atomic E-state index is 12.0. The average molecular weight is 330 g/mol. The zero-order valence-corrected chi connectivity index (χ0v) is 13.5. The van der Waals surface area contributed by atoms with Gasteiger partial charge >= 0.3 is 0 Å². The molecule has 0 unspecified atom stereocenters. The molecule has 1 aliphatic carbocycles. The van der Waals surface area contributed by atoms with Crippen molar-refractivity contribution in [2.24, 2.45) is 5.92 Å². The molecule has 2 aliphatic rings. The number of hydrogen-bond acceptors (Lipinski definition) is 5. The van der Waals surface area contributed by atoms with Crippen LogP contribution in [0.15, 0.2) is 45.8 Å². The van der Waals surface area contributed by atoms with Gasteiger partial charge in [-0.2, -0.15) is 0 Å². The van der Waals surface area contributed by atoms with Gasteiger partial charge in [0, 0.05) is 37.2 Å². The van der Waals surface area contributed by atoms with Crippen LogP contribution >= 0.6 is 0 Å². The third kappa shape index (κ3) is 3.12. The molecule has 0 bridgehead atoms. The van der Waals surface area contributed by atoms with E-state index in [-0.39, 0.29) is 12.0 Å². The molecule has 128 valence electrons. The quantitative estimate of drug-likeness (QED) is 0.911. The lowest BCUT2D eigenvalue weighted by Crippen LogP contribution is -2.50. The van der Waals surface area contributed by atoms with Gasteiger partial charge in [0.2, 0.25) is 0 Å². The predicted molar refractivity (Wildman–Crippen MR) is 86.4 cm³/mol. The number of carbonyl (C=O) groups excluding carboxylic acids is 1. The second-order valence-electron chi connectivity index (χ2n) is 6.53. The molecule has 3 heterocycles. The molecule has 4 rings (SSSR count). The lowest BCUT2D eigenvalue weighted by atomic mass is 10.0. The first kappa shape index (κ1) is 15.5. The first-order chi connectivity index (χ1) is 11.8. The number of hydrogen-bond donors (Lipinski definition) is 1. The molecule has 1 saturated heterocycles. The van der Waals surface area contributed by atoms with Crippen molar-refractivity contribution in [3.8, 4) is 0 Å². The number of rotatable bonds is 5. The summed E-state index contributed by atoms with van der Waals surface area (Å²) in [6, 6.07) is 5.83. The normalized spacial score (nSPS) is 27.1. The number of furan rings is 2. The van der Waals surface area contributed by atoms with Crippen LogP contribution in [0.5, 0.6) is 0 Å². The fourth-order valence-electron chi connectivity index (χ4n) is 3.89. The minimum Gasteiger partial charge on any atom is -0.472 e. The standard InChI is InChI=1S/C18H22N2O4/c21-18(16-2-1-7-23-16)19-10-14-3-4-15-17(14)24-9-6-20(15)11-13-5-8-22-12-13/h1-2,5,7-8,12,14-15,17H,3-4,6,9-11H2,(H,19,21)/t14-,15-,17-/m0/s1. The van der Waals surface area contributed by atoms with Crippen LogP contribution in [0.3, 0.4) is 0 Å². The highest BCUT2D eigenvalue weighted by molar-refractivity contribution is 5.91.